The first kappa shape index (κ1) is 49.3. The number of hydrogen-bond acceptors (Lipinski definition) is 7. The Morgan fingerprint density at radius 1 is 0.678 bits per heavy atom. The summed E-state index contributed by atoms with van der Waals surface area (Å²) in [5.74, 6) is -5.17. The Hall–Kier alpha value is -4.10. The number of benzene rings is 4. The number of halogens is 6. The number of fused-ring (bicyclic) bond motifs is 2. The summed E-state index contributed by atoms with van der Waals surface area (Å²) >= 11 is 14.9. The predicted octanol–water partition coefficient (Wildman–Crippen LogP) is 13.0. The number of carbonyl (C=O) groups excluding carboxylic acids is 2. The van der Waals surface area contributed by atoms with Gasteiger partial charge in [0.2, 0.25) is 26.6 Å². The molecule has 8 nitrogen and oxygen atoms in total. The molecule has 0 saturated heterocycles. The molecular formula is C41H40Cl2F4N2O6P2S2. The number of carbonyl (C=O) groups is 2. The van der Waals surface area contributed by atoms with Crippen molar-refractivity contribution in [3.63, 3.8) is 0 Å². The van der Waals surface area contributed by atoms with Gasteiger partial charge in [-0.1, -0.05) is 50.2 Å². The highest BCUT2D eigenvalue weighted by Crippen LogP contribution is 2.58. The van der Waals surface area contributed by atoms with Gasteiger partial charge >= 0.3 is 0 Å². The predicted molar refractivity (Wildman–Crippen MR) is 236 cm³/mol. The summed E-state index contributed by atoms with van der Waals surface area (Å²) in [5, 5.41) is 10.7. The lowest BCUT2D eigenvalue weighted by Gasteiger charge is -2.21. The van der Waals surface area contributed by atoms with E-state index >= 15 is 0 Å². The van der Waals surface area contributed by atoms with E-state index in [0.29, 0.717) is 37.7 Å². The van der Waals surface area contributed by atoms with Crippen LogP contribution in [-0.4, -0.2) is 37.1 Å². The molecule has 4 atom stereocenters. The van der Waals surface area contributed by atoms with Crippen LogP contribution in [0.5, 0.6) is 0 Å². The van der Waals surface area contributed by atoms with Gasteiger partial charge in [0, 0.05) is 52.3 Å². The smallest absolute Gasteiger partial charge is 0.241 e. The van der Waals surface area contributed by atoms with Gasteiger partial charge in [-0.05, 0) is 117 Å². The highest BCUT2D eigenvalue weighted by atomic mass is 35.5. The molecular weight excluding hydrogens is 889 g/mol. The maximum Gasteiger partial charge on any atom is 0.241 e. The van der Waals surface area contributed by atoms with E-state index in [0.717, 1.165) is 45.7 Å². The van der Waals surface area contributed by atoms with E-state index in [2.05, 4.69) is 10.6 Å². The van der Waals surface area contributed by atoms with E-state index in [1.165, 1.54) is 73.1 Å². The van der Waals surface area contributed by atoms with Gasteiger partial charge in [-0.2, -0.15) is 0 Å². The molecule has 6 rings (SSSR count). The van der Waals surface area contributed by atoms with Gasteiger partial charge < -0.3 is 20.1 Å². The van der Waals surface area contributed by atoms with Gasteiger partial charge in [0.25, 0.3) is 0 Å². The Kier molecular flexibility index (Phi) is 17.5. The van der Waals surface area contributed by atoms with E-state index in [1.54, 1.807) is 41.1 Å². The maximum absolute atomic E-state index is 13.3. The fourth-order valence-electron chi connectivity index (χ4n) is 5.62. The number of rotatable bonds is 11. The molecule has 2 amide bonds. The van der Waals surface area contributed by atoms with Gasteiger partial charge in [-0.25, -0.2) is 17.6 Å². The zero-order valence-corrected chi connectivity index (χ0v) is 34.9. The van der Waals surface area contributed by atoms with Crippen LogP contribution in [0.1, 0.15) is 48.4 Å². The minimum Gasteiger partial charge on any atom is -0.344 e. The van der Waals surface area contributed by atoms with Crippen LogP contribution in [0.25, 0.3) is 32.3 Å². The van der Waals surface area contributed by atoms with Crippen molar-refractivity contribution < 1.29 is 45.7 Å². The molecule has 0 aliphatic carbocycles. The summed E-state index contributed by atoms with van der Waals surface area (Å²) in [5.41, 5.74) is -0.704. The highest BCUT2D eigenvalue weighted by Gasteiger charge is 2.38. The first-order valence-electron chi connectivity index (χ1n) is 16.5. The standard InChI is InChI=1S/C20H17ClF2NO3PS.C19H15ClF2NO3PS.2CH4/c1-27-28(2,26)19(15-11-29-18-6-4-13(21)10-14(15)18)20(25)24-8-7-12-3-5-16(22)17(23)9-12;1-27(25,26)18(14-10-28-17-5-3-12(20)9-13(14)17)19(24)23-7-6-11-2-4-15(21)16(22)8-11;;/h3-11,19H,1-2H3,(H,24,25);2-10,18H,1H3,(H,23,24)(H,25,26);2*1H4/b8-7+;7-6+;;. The number of amides is 2. The highest BCUT2D eigenvalue weighted by molar-refractivity contribution is 7.59. The molecule has 0 spiro atoms. The van der Waals surface area contributed by atoms with Crippen molar-refractivity contribution in [3.05, 3.63) is 152 Å². The fraction of sp³-hybridized carbons (Fsp3) is 0.171. The van der Waals surface area contributed by atoms with Crippen molar-refractivity contribution in [2.24, 2.45) is 0 Å². The Bertz CT molecular complexity index is 2630. The Morgan fingerprint density at radius 2 is 1.08 bits per heavy atom. The van der Waals surface area contributed by atoms with Crippen LogP contribution < -0.4 is 10.6 Å². The van der Waals surface area contributed by atoms with Crippen molar-refractivity contribution in [2.75, 3.05) is 20.4 Å². The van der Waals surface area contributed by atoms with E-state index in [-0.39, 0.29) is 14.9 Å². The van der Waals surface area contributed by atoms with Crippen LogP contribution in [-0.2, 0) is 23.2 Å². The van der Waals surface area contributed by atoms with Crippen LogP contribution in [0.4, 0.5) is 17.6 Å². The molecule has 3 N–H and O–H groups in total. The van der Waals surface area contributed by atoms with Crippen molar-refractivity contribution in [3.8, 4) is 0 Å². The molecule has 4 aromatic carbocycles. The van der Waals surface area contributed by atoms with E-state index in [4.69, 9.17) is 27.7 Å². The Labute approximate surface area is 357 Å². The minimum atomic E-state index is -3.86. The molecule has 59 heavy (non-hydrogen) atoms. The molecule has 6 aromatic rings. The molecule has 314 valence electrons. The quantitative estimate of drug-likeness (QED) is 0.0879. The summed E-state index contributed by atoms with van der Waals surface area (Å²) in [6.45, 7) is 2.51. The van der Waals surface area contributed by atoms with Crippen molar-refractivity contribution in [1.82, 2.24) is 10.6 Å². The molecule has 4 unspecified atom stereocenters. The van der Waals surface area contributed by atoms with Crippen molar-refractivity contribution in [2.45, 2.75) is 26.2 Å². The molecule has 2 aromatic heterocycles. The average Bonchev–Trinajstić information content (AvgIpc) is 3.74. The van der Waals surface area contributed by atoms with Gasteiger partial charge in [0.15, 0.2) is 23.3 Å². The molecule has 0 bridgehead atoms. The second kappa shape index (κ2) is 20.9. The summed E-state index contributed by atoms with van der Waals surface area (Å²) in [6, 6.07) is 17.1. The molecule has 2 heterocycles. The summed E-state index contributed by atoms with van der Waals surface area (Å²) in [7, 11) is -5.93. The van der Waals surface area contributed by atoms with Crippen LogP contribution in [0.2, 0.25) is 10.0 Å². The van der Waals surface area contributed by atoms with Crippen LogP contribution in [0, 0.1) is 23.3 Å². The molecule has 18 heteroatoms. The number of thiophene rings is 2. The first-order chi connectivity index (χ1) is 26.9. The minimum absolute atomic E-state index is 0. The third-order valence-corrected chi connectivity index (χ3v) is 14.5. The second-order valence-corrected chi connectivity index (χ2v) is 20.3. The van der Waals surface area contributed by atoms with E-state index in [9.17, 15) is 41.2 Å². The summed E-state index contributed by atoms with van der Waals surface area (Å²) < 4.78 is 84.9. The fourth-order valence-corrected chi connectivity index (χ4v) is 10.8. The van der Waals surface area contributed by atoms with Crippen LogP contribution in [0.15, 0.2) is 96.0 Å². The number of nitrogens with one attached hydrogen (secondary N) is 2. The lowest BCUT2D eigenvalue weighted by Crippen LogP contribution is -2.25. The summed E-state index contributed by atoms with van der Waals surface area (Å²) in [6.07, 6.45) is 5.28. The van der Waals surface area contributed by atoms with Gasteiger partial charge in [0.1, 0.15) is 11.3 Å². The zero-order valence-electron chi connectivity index (χ0n) is 30.0. The van der Waals surface area contributed by atoms with Crippen molar-refractivity contribution >= 4 is 105 Å². The molecule has 0 aliphatic rings. The Morgan fingerprint density at radius 3 is 1.47 bits per heavy atom. The second-order valence-electron chi connectivity index (χ2n) is 12.5. The lowest BCUT2D eigenvalue weighted by molar-refractivity contribution is -0.120. The van der Waals surface area contributed by atoms with E-state index in [1.807, 2.05) is 6.07 Å². The SMILES string of the molecule is C.C.COP(C)(=O)C(C(=O)N/C=C/c1ccc(F)c(F)c1)c1csc2ccc(Cl)cc12.CP(=O)(O)C(C(=O)N/C=C/c1ccc(F)c(F)c1)c1csc2ccc(Cl)cc12. The normalized spacial score (nSPS) is 14.3. The zero-order chi connectivity index (χ0) is 41.7. The van der Waals surface area contributed by atoms with Crippen LogP contribution in [0.3, 0.4) is 0 Å². The maximum atomic E-state index is 13.3. The molecule has 0 fully saturated rings. The largest absolute Gasteiger partial charge is 0.344 e. The third-order valence-electron chi connectivity index (χ3n) is 8.42. The monoisotopic (exact) mass is 928 g/mol. The third kappa shape index (κ3) is 12.2. The average molecular weight is 930 g/mol. The Balaban J connectivity index is 0.000000305. The van der Waals surface area contributed by atoms with Gasteiger partial charge in [0.05, 0.1) is 0 Å². The van der Waals surface area contributed by atoms with Gasteiger partial charge in [-0.3, -0.25) is 18.7 Å². The van der Waals surface area contributed by atoms with Gasteiger partial charge in [-0.15, -0.1) is 22.7 Å². The molecule has 0 aliphatic heterocycles. The molecule has 0 saturated carbocycles. The topological polar surface area (TPSA) is 122 Å². The number of hydrogen-bond donors (Lipinski definition) is 3. The summed E-state index contributed by atoms with van der Waals surface area (Å²) in [4.78, 5) is 35.8. The lowest BCUT2D eigenvalue weighted by atomic mass is 10.1. The van der Waals surface area contributed by atoms with Crippen molar-refractivity contribution in [1.29, 1.82) is 0 Å². The molecule has 0 radical (unpaired) electrons. The van der Waals surface area contributed by atoms with E-state index < -0.39 is 61.1 Å². The first-order valence-corrected chi connectivity index (χ1v) is 23.3. The van der Waals surface area contributed by atoms with Crippen LogP contribution >= 0.6 is 60.6 Å².